The molecule has 0 amide bonds. The minimum atomic E-state index is 0.124. The Morgan fingerprint density at radius 3 is 1.20 bits per heavy atom. The van der Waals surface area contributed by atoms with Crippen LogP contribution in [0, 0.1) is 0 Å². The van der Waals surface area contributed by atoms with E-state index in [4.69, 9.17) is 62.7 Å². The highest BCUT2D eigenvalue weighted by Crippen LogP contribution is 2.47. The van der Waals surface area contributed by atoms with Crippen LogP contribution in [0.15, 0.2) is 0 Å². The van der Waals surface area contributed by atoms with Gasteiger partial charge in [-0.25, -0.2) is 0 Å². The van der Waals surface area contributed by atoms with E-state index < -0.39 is 0 Å². The fourth-order valence-corrected chi connectivity index (χ4v) is 2.04. The van der Waals surface area contributed by atoms with Crippen molar-refractivity contribution in [2.75, 3.05) is 7.11 Å². The molecular formula is C9H9Cl5O. The molecule has 0 radical (unpaired) electrons. The van der Waals surface area contributed by atoms with Crippen molar-refractivity contribution in [3.8, 4) is 5.75 Å². The maximum Gasteiger partial charge on any atom is 0.159 e. The van der Waals surface area contributed by atoms with Crippen molar-refractivity contribution in [1.82, 2.24) is 0 Å². The Morgan fingerprint density at radius 1 is 0.667 bits per heavy atom. The van der Waals surface area contributed by atoms with E-state index in [-0.39, 0.29) is 30.9 Å². The predicted octanol–water partition coefficient (Wildman–Crippen LogP) is 5.99. The van der Waals surface area contributed by atoms with Crippen molar-refractivity contribution in [2.45, 2.75) is 13.8 Å². The summed E-state index contributed by atoms with van der Waals surface area (Å²) in [6.07, 6.45) is 0. The third-order valence-corrected chi connectivity index (χ3v) is 3.62. The second-order valence-electron chi connectivity index (χ2n) is 2.10. The molecule has 0 aliphatic heterocycles. The summed E-state index contributed by atoms with van der Waals surface area (Å²) in [5, 5.41) is 0.704. The van der Waals surface area contributed by atoms with Gasteiger partial charge in [0.25, 0.3) is 0 Å². The second kappa shape index (κ2) is 6.93. The van der Waals surface area contributed by atoms with Crippen LogP contribution in [0.1, 0.15) is 13.8 Å². The van der Waals surface area contributed by atoms with E-state index in [2.05, 4.69) is 0 Å². The summed E-state index contributed by atoms with van der Waals surface area (Å²) in [6.45, 7) is 4.00. The van der Waals surface area contributed by atoms with Crippen LogP contribution in [-0.4, -0.2) is 7.11 Å². The molecule has 1 aromatic rings. The third kappa shape index (κ3) is 3.21. The molecule has 0 aromatic heterocycles. The molecule has 0 spiro atoms. The Labute approximate surface area is 114 Å². The van der Waals surface area contributed by atoms with E-state index in [1.165, 1.54) is 7.11 Å². The van der Waals surface area contributed by atoms with Crippen molar-refractivity contribution in [3.63, 3.8) is 0 Å². The van der Waals surface area contributed by atoms with Crippen LogP contribution >= 0.6 is 58.0 Å². The van der Waals surface area contributed by atoms with Gasteiger partial charge in [0.1, 0.15) is 10.0 Å². The molecule has 0 fully saturated rings. The van der Waals surface area contributed by atoms with Gasteiger partial charge in [0.15, 0.2) is 5.75 Å². The highest BCUT2D eigenvalue weighted by molar-refractivity contribution is 6.55. The molecular weight excluding hydrogens is 301 g/mol. The molecule has 15 heavy (non-hydrogen) atoms. The molecule has 0 saturated heterocycles. The summed E-state index contributed by atoms with van der Waals surface area (Å²) < 4.78 is 4.90. The minimum absolute atomic E-state index is 0.124. The third-order valence-electron chi connectivity index (χ3n) is 1.37. The summed E-state index contributed by atoms with van der Waals surface area (Å²) in [5.41, 5.74) is 0. The number of methoxy groups -OCH3 is 1. The predicted molar refractivity (Wildman–Crippen MR) is 69.4 cm³/mol. The maximum absolute atomic E-state index is 5.79. The molecule has 1 aromatic carbocycles. The first-order valence-electron chi connectivity index (χ1n) is 4.06. The first-order valence-corrected chi connectivity index (χ1v) is 5.95. The average Bonchev–Trinajstić information content (AvgIpc) is 2.27. The largest absolute Gasteiger partial charge is 0.494 e. The van der Waals surface area contributed by atoms with Crippen LogP contribution in [0.25, 0.3) is 0 Å². The topological polar surface area (TPSA) is 9.23 Å². The van der Waals surface area contributed by atoms with Crippen LogP contribution in [0.5, 0.6) is 5.75 Å². The molecule has 0 unspecified atom stereocenters. The lowest BCUT2D eigenvalue weighted by Crippen LogP contribution is -1.88. The lowest BCUT2D eigenvalue weighted by atomic mass is 10.3. The van der Waals surface area contributed by atoms with Crippen molar-refractivity contribution >= 4 is 58.0 Å². The smallest absolute Gasteiger partial charge is 0.159 e. The lowest BCUT2D eigenvalue weighted by molar-refractivity contribution is 0.415. The maximum atomic E-state index is 5.79. The average molecular weight is 310 g/mol. The summed E-state index contributed by atoms with van der Waals surface area (Å²) in [7, 11) is 1.41. The number of hydrogen-bond acceptors (Lipinski definition) is 1. The zero-order valence-electron chi connectivity index (χ0n) is 8.30. The molecule has 0 heterocycles. The number of ether oxygens (including phenoxy) is 1. The van der Waals surface area contributed by atoms with Gasteiger partial charge in [-0.2, -0.15) is 0 Å². The molecule has 6 heteroatoms. The van der Waals surface area contributed by atoms with E-state index in [1.54, 1.807) is 0 Å². The molecule has 0 aliphatic carbocycles. The quantitative estimate of drug-likeness (QED) is 0.457. The van der Waals surface area contributed by atoms with E-state index in [1.807, 2.05) is 13.8 Å². The zero-order chi connectivity index (χ0) is 12.2. The monoisotopic (exact) mass is 308 g/mol. The van der Waals surface area contributed by atoms with E-state index in [0.717, 1.165) is 0 Å². The van der Waals surface area contributed by atoms with Crippen molar-refractivity contribution in [3.05, 3.63) is 25.1 Å². The molecule has 0 N–H and O–H groups in total. The summed E-state index contributed by atoms with van der Waals surface area (Å²) in [4.78, 5) is 0. The normalized spacial score (nSPS) is 9.33. The van der Waals surface area contributed by atoms with Gasteiger partial charge in [-0.05, 0) is 0 Å². The number of rotatable bonds is 1. The SMILES string of the molecule is CC.COc1c(Cl)c(Cl)c(Cl)c(Cl)c1Cl. The van der Waals surface area contributed by atoms with Gasteiger partial charge >= 0.3 is 0 Å². The highest BCUT2D eigenvalue weighted by atomic mass is 35.5. The van der Waals surface area contributed by atoms with Crippen LogP contribution in [0.3, 0.4) is 0 Å². The Bertz CT molecular complexity index is 322. The molecule has 1 nitrogen and oxygen atoms in total. The van der Waals surface area contributed by atoms with Crippen molar-refractivity contribution in [1.29, 1.82) is 0 Å². The Hall–Kier alpha value is 0.470. The Morgan fingerprint density at radius 2 is 0.933 bits per heavy atom. The first kappa shape index (κ1) is 15.5. The summed E-state index contributed by atoms with van der Waals surface area (Å²) in [6, 6.07) is 0. The van der Waals surface area contributed by atoms with E-state index in [0.29, 0.717) is 0 Å². The molecule has 0 bridgehead atoms. The summed E-state index contributed by atoms with van der Waals surface area (Å²) >= 11 is 28.8. The van der Waals surface area contributed by atoms with Gasteiger partial charge in [0.05, 0.1) is 22.2 Å². The van der Waals surface area contributed by atoms with Crippen LogP contribution in [-0.2, 0) is 0 Å². The Kier molecular flexibility index (Phi) is 7.14. The molecule has 86 valence electrons. The van der Waals surface area contributed by atoms with E-state index in [9.17, 15) is 0 Å². The van der Waals surface area contributed by atoms with Gasteiger partial charge in [-0.3, -0.25) is 0 Å². The van der Waals surface area contributed by atoms with Gasteiger partial charge < -0.3 is 4.74 Å². The lowest BCUT2D eigenvalue weighted by Gasteiger charge is -2.10. The summed E-state index contributed by atoms with van der Waals surface area (Å²) in [5.74, 6) is 0.225. The van der Waals surface area contributed by atoms with Gasteiger partial charge in [0, 0.05) is 0 Å². The van der Waals surface area contributed by atoms with Gasteiger partial charge in [0.2, 0.25) is 0 Å². The molecule has 1 rings (SSSR count). The van der Waals surface area contributed by atoms with Crippen LogP contribution in [0.4, 0.5) is 0 Å². The Balaban J connectivity index is 0.000000921. The first-order chi connectivity index (χ1) is 7.00. The second-order valence-corrected chi connectivity index (χ2v) is 3.99. The molecule has 0 atom stereocenters. The van der Waals surface area contributed by atoms with Crippen molar-refractivity contribution < 1.29 is 4.74 Å². The van der Waals surface area contributed by atoms with Crippen molar-refractivity contribution in [2.24, 2.45) is 0 Å². The number of hydrogen-bond donors (Lipinski definition) is 0. The highest BCUT2D eigenvalue weighted by Gasteiger charge is 2.19. The number of benzene rings is 1. The van der Waals surface area contributed by atoms with Crippen LogP contribution in [0.2, 0.25) is 25.1 Å². The van der Waals surface area contributed by atoms with Crippen LogP contribution < -0.4 is 4.74 Å². The molecule has 0 aliphatic rings. The minimum Gasteiger partial charge on any atom is -0.494 e. The number of halogens is 5. The fourth-order valence-electron chi connectivity index (χ4n) is 0.764. The van der Waals surface area contributed by atoms with E-state index >= 15 is 0 Å². The molecule has 0 saturated carbocycles. The van der Waals surface area contributed by atoms with Gasteiger partial charge in [-0.15, -0.1) is 0 Å². The van der Waals surface area contributed by atoms with Gasteiger partial charge in [-0.1, -0.05) is 71.9 Å². The zero-order valence-corrected chi connectivity index (χ0v) is 12.1. The fraction of sp³-hybridized carbons (Fsp3) is 0.333. The standard InChI is InChI=1S/C7H3Cl5O.C2H6/c1-13-7-5(11)3(9)2(8)4(10)6(7)12;1-2/h1H3;1-2H3.